The molecule has 1 aliphatic heterocycles. The number of hydrogen-bond donors (Lipinski definition) is 1. The minimum Gasteiger partial charge on any atom is -0.368 e. The fourth-order valence-corrected chi connectivity index (χ4v) is 2.74. The highest BCUT2D eigenvalue weighted by molar-refractivity contribution is 5.37. The molecule has 0 radical (unpaired) electrons. The summed E-state index contributed by atoms with van der Waals surface area (Å²) in [5.74, 6) is 2.27. The van der Waals surface area contributed by atoms with Gasteiger partial charge in [0.05, 0.1) is 0 Å². The van der Waals surface area contributed by atoms with Gasteiger partial charge in [-0.2, -0.15) is 0 Å². The van der Waals surface area contributed by atoms with Crippen molar-refractivity contribution >= 4 is 5.82 Å². The van der Waals surface area contributed by atoms with Crippen LogP contribution >= 0.6 is 0 Å². The lowest BCUT2D eigenvalue weighted by Crippen LogP contribution is -2.34. The number of aryl methyl sites for hydroxylation is 1. The Kier molecular flexibility index (Phi) is 4.75. The van der Waals surface area contributed by atoms with E-state index in [-0.39, 0.29) is 0 Å². The topological polar surface area (TPSA) is 41.0 Å². The maximum Gasteiger partial charge on any atom is 0.129 e. The second-order valence-electron chi connectivity index (χ2n) is 5.69. The van der Waals surface area contributed by atoms with E-state index in [1.807, 2.05) is 6.92 Å². The van der Waals surface area contributed by atoms with Crippen molar-refractivity contribution in [3.63, 3.8) is 0 Å². The van der Waals surface area contributed by atoms with Crippen LogP contribution in [0.5, 0.6) is 0 Å². The molecular formula is C15H26N4. The summed E-state index contributed by atoms with van der Waals surface area (Å²) in [7, 11) is 0. The molecule has 0 amide bonds. The molecule has 106 valence electrons. The average molecular weight is 262 g/mol. The minimum absolute atomic E-state index is 0.445. The van der Waals surface area contributed by atoms with Gasteiger partial charge < -0.3 is 5.32 Å². The quantitative estimate of drug-likeness (QED) is 0.886. The highest BCUT2D eigenvalue weighted by Crippen LogP contribution is 2.19. The van der Waals surface area contributed by atoms with Crippen LogP contribution in [0, 0.1) is 6.92 Å². The van der Waals surface area contributed by atoms with E-state index in [2.05, 4.69) is 47.0 Å². The highest BCUT2D eigenvalue weighted by Gasteiger charge is 2.22. The maximum absolute atomic E-state index is 4.49. The molecule has 1 aliphatic rings. The van der Waals surface area contributed by atoms with Crippen molar-refractivity contribution in [1.29, 1.82) is 0 Å². The van der Waals surface area contributed by atoms with Crippen LogP contribution in [0.4, 0.5) is 5.82 Å². The Morgan fingerprint density at radius 1 is 1.42 bits per heavy atom. The van der Waals surface area contributed by atoms with E-state index >= 15 is 0 Å². The molecule has 1 saturated heterocycles. The first-order valence-corrected chi connectivity index (χ1v) is 7.43. The van der Waals surface area contributed by atoms with Gasteiger partial charge in [0.15, 0.2) is 0 Å². The first kappa shape index (κ1) is 14.3. The fourth-order valence-electron chi connectivity index (χ4n) is 2.74. The molecule has 4 heteroatoms. The molecule has 1 fully saturated rings. The number of nitrogens with zero attached hydrogens (tertiary/aromatic N) is 3. The monoisotopic (exact) mass is 262 g/mol. The zero-order valence-electron chi connectivity index (χ0n) is 12.6. The molecule has 2 heterocycles. The zero-order chi connectivity index (χ0) is 13.8. The van der Waals surface area contributed by atoms with Crippen LogP contribution in [0.3, 0.4) is 0 Å². The van der Waals surface area contributed by atoms with Crippen molar-refractivity contribution in [2.45, 2.75) is 52.5 Å². The molecule has 19 heavy (non-hydrogen) atoms. The first-order valence-electron chi connectivity index (χ1n) is 7.43. The smallest absolute Gasteiger partial charge is 0.129 e. The molecule has 0 bridgehead atoms. The highest BCUT2D eigenvalue weighted by atomic mass is 15.2. The zero-order valence-corrected chi connectivity index (χ0v) is 12.6. The second-order valence-corrected chi connectivity index (χ2v) is 5.69. The molecule has 4 nitrogen and oxygen atoms in total. The number of rotatable bonds is 5. The van der Waals surface area contributed by atoms with Crippen molar-refractivity contribution in [1.82, 2.24) is 14.9 Å². The second kappa shape index (κ2) is 6.33. The van der Waals surface area contributed by atoms with E-state index in [0.717, 1.165) is 30.4 Å². The lowest BCUT2D eigenvalue weighted by molar-refractivity contribution is 0.277. The largest absolute Gasteiger partial charge is 0.368 e. The number of likely N-dealkylation sites (tertiary alicyclic amines) is 1. The Bertz CT molecular complexity index is 417. The van der Waals surface area contributed by atoms with E-state index in [0.29, 0.717) is 12.0 Å². The van der Waals surface area contributed by atoms with Gasteiger partial charge in [-0.15, -0.1) is 0 Å². The lowest BCUT2D eigenvalue weighted by Gasteiger charge is -2.23. The Labute approximate surface area is 116 Å². The summed E-state index contributed by atoms with van der Waals surface area (Å²) >= 11 is 0. The Morgan fingerprint density at radius 2 is 2.21 bits per heavy atom. The molecular weight excluding hydrogens is 236 g/mol. The summed E-state index contributed by atoms with van der Waals surface area (Å²) in [5.41, 5.74) is 1.12. The molecule has 1 aromatic heterocycles. The normalized spacial score (nSPS) is 20.2. The molecule has 1 N–H and O–H groups in total. The van der Waals surface area contributed by atoms with Gasteiger partial charge in [0.25, 0.3) is 0 Å². The van der Waals surface area contributed by atoms with Crippen LogP contribution in [-0.2, 0) is 0 Å². The summed E-state index contributed by atoms with van der Waals surface area (Å²) in [6.45, 7) is 11.9. The number of likely N-dealkylation sites (N-methyl/N-ethyl adjacent to an activating group) is 1. The third-order valence-electron chi connectivity index (χ3n) is 3.87. The van der Waals surface area contributed by atoms with Crippen molar-refractivity contribution in [2.24, 2.45) is 0 Å². The lowest BCUT2D eigenvalue weighted by atomic mass is 10.1. The minimum atomic E-state index is 0.445. The van der Waals surface area contributed by atoms with Crippen LogP contribution in [0.25, 0.3) is 0 Å². The van der Waals surface area contributed by atoms with Crippen LogP contribution in [0.15, 0.2) is 6.07 Å². The third kappa shape index (κ3) is 3.66. The molecule has 0 spiro atoms. The summed E-state index contributed by atoms with van der Waals surface area (Å²) in [4.78, 5) is 11.5. The summed E-state index contributed by atoms with van der Waals surface area (Å²) in [6.07, 6.45) is 2.61. The predicted molar refractivity (Wildman–Crippen MR) is 79.6 cm³/mol. The van der Waals surface area contributed by atoms with E-state index in [9.17, 15) is 0 Å². The van der Waals surface area contributed by atoms with Crippen molar-refractivity contribution in [2.75, 3.05) is 25.0 Å². The van der Waals surface area contributed by atoms with E-state index in [4.69, 9.17) is 0 Å². The Hall–Kier alpha value is -1.16. The van der Waals surface area contributed by atoms with E-state index in [1.165, 1.54) is 19.4 Å². The standard InChI is InChI=1S/C15H26N4/c1-5-19-8-6-7-13(19)10-16-15-9-14(11(2)3)17-12(4)18-15/h9,11,13H,5-8,10H2,1-4H3,(H,16,17,18)/t13-/m1/s1. The predicted octanol–water partition coefficient (Wildman–Crippen LogP) is 2.80. The van der Waals surface area contributed by atoms with E-state index < -0.39 is 0 Å². The molecule has 1 atom stereocenters. The van der Waals surface area contributed by atoms with Gasteiger partial charge in [0, 0.05) is 24.3 Å². The molecule has 1 aromatic rings. The van der Waals surface area contributed by atoms with Gasteiger partial charge in [-0.1, -0.05) is 20.8 Å². The first-order chi connectivity index (χ1) is 9.10. The third-order valence-corrected chi connectivity index (χ3v) is 3.87. The maximum atomic E-state index is 4.49. The van der Waals surface area contributed by atoms with Crippen LogP contribution in [-0.4, -0.2) is 40.5 Å². The summed E-state index contributed by atoms with van der Waals surface area (Å²) in [5, 5.41) is 3.49. The molecule has 0 aromatic carbocycles. The van der Waals surface area contributed by atoms with Gasteiger partial charge in [0.1, 0.15) is 11.6 Å². The summed E-state index contributed by atoms with van der Waals surface area (Å²) in [6, 6.07) is 2.74. The SMILES string of the molecule is CCN1CCC[C@@H]1CNc1cc(C(C)C)nc(C)n1. The van der Waals surface area contributed by atoms with Gasteiger partial charge in [-0.25, -0.2) is 9.97 Å². The van der Waals surface area contributed by atoms with Gasteiger partial charge in [-0.05, 0) is 38.8 Å². The van der Waals surface area contributed by atoms with Crippen LogP contribution < -0.4 is 5.32 Å². The average Bonchev–Trinajstić information content (AvgIpc) is 2.83. The van der Waals surface area contributed by atoms with Gasteiger partial charge in [-0.3, -0.25) is 4.90 Å². The fraction of sp³-hybridized carbons (Fsp3) is 0.733. The number of hydrogen-bond acceptors (Lipinski definition) is 4. The van der Waals surface area contributed by atoms with Crippen LogP contribution in [0.2, 0.25) is 0 Å². The van der Waals surface area contributed by atoms with Crippen LogP contribution in [0.1, 0.15) is 51.0 Å². The molecule has 0 unspecified atom stereocenters. The molecule has 0 aliphatic carbocycles. The van der Waals surface area contributed by atoms with Crippen molar-refractivity contribution < 1.29 is 0 Å². The number of anilines is 1. The molecule has 2 rings (SSSR count). The molecule has 0 saturated carbocycles. The number of nitrogens with one attached hydrogen (secondary N) is 1. The van der Waals surface area contributed by atoms with E-state index in [1.54, 1.807) is 0 Å². The summed E-state index contributed by atoms with van der Waals surface area (Å²) < 4.78 is 0. The van der Waals surface area contributed by atoms with Gasteiger partial charge >= 0.3 is 0 Å². The Morgan fingerprint density at radius 3 is 2.89 bits per heavy atom. The van der Waals surface area contributed by atoms with Gasteiger partial charge in [0.2, 0.25) is 0 Å². The van der Waals surface area contributed by atoms with Crippen molar-refractivity contribution in [3.8, 4) is 0 Å². The number of aromatic nitrogens is 2. The van der Waals surface area contributed by atoms with Crippen molar-refractivity contribution in [3.05, 3.63) is 17.6 Å². The Balaban J connectivity index is 1.99.